The second kappa shape index (κ2) is 14.9. The van der Waals surface area contributed by atoms with Gasteiger partial charge in [-0.25, -0.2) is 0 Å². The van der Waals surface area contributed by atoms with Crippen LogP contribution in [-0.2, 0) is 9.47 Å². The summed E-state index contributed by atoms with van der Waals surface area (Å²) in [5.41, 5.74) is 0. The molecule has 1 aliphatic carbocycles. The minimum absolute atomic E-state index is 0. The van der Waals surface area contributed by atoms with Crippen LogP contribution in [0.15, 0.2) is 4.99 Å². The molecule has 0 spiro atoms. The topological polar surface area (TPSA) is 54.9 Å². The molecule has 0 unspecified atom stereocenters. The average Bonchev–Trinajstić information content (AvgIpc) is 2.66. The summed E-state index contributed by atoms with van der Waals surface area (Å²) in [6, 6.07) is 0.587. The van der Waals surface area contributed by atoms with Crippen molar-refractivity contribution < 1.29 is 9.47 Å². The maximum absolute atomic E-state index is 5.82. The third-order valence-corrected chi connectivity index (χ3v) is 5.56. The van der Waals surface area contributed by atoms with Crippen LogP contribution in [0, 0.1) is 11.8 Å². The highest BCUT2D eigenvalue weighted by Crippen LogP contribution is 2.27. The van der Waals surface area contributed by atoms with Crippen molar-refractivity contribution in [3.63, 3.8) is 0 Å². The van der Waals surface area contributed by atoms with Gasteiger partial charge in [0.15, 0.2) is 5.96 Å². The number of aliphatic imine (C=N–C) groups is 1. The smallest absolute Gasteiger partial charge is 0.191 e. The van der Waals surface area contributed by atoms with Crippen molar-refractivity contribution in [2.45, 2.75) is 70.8 Å². The van der Waals surface area contributed by atoms with Gasteiger partial charge in [-0.2, -0.15) is 0 Å². The Labute approximate surface area is 177 Å². The Kier molecular flexibility index (Phi) is 13.7. The molecule has 2 fully saturated rings. The normalized spacial score (nSPS) is 24.8. The van der Waals surface area contributed by atoms with E-state index in [1.54, 1.807) is 0 Å². The first kappa shape index (κ1) is 24.0. The molecule has 1 heterocycles. The molecule has 2 N–H and O–H groups in total. The Morgan fingerprint density at radius 3 is 2.46 bits per heavy atom. The van der Waals surface area contributed by atoms with Gasteiger partial charge in [-0.1, -0.05) is 19.8 Å². The van der Waals surface area contributed by atoms with Crippen molar-refractivity contribution in [1.29, 1.82) is 0 Å². The van der Waals surface area contributed by atoms with Crippen molar-refractivity contribution in [3.8, 4) is 0 Å². The molecule has 0 atom stereocenters. The van der Waals surface area contributed by atoms with Crippen LogP contribution in [0.4, 0.5) is 0 Å². The van der Waals surface area contributed by atoms with Crippen LogP contribution in [0.3, 0.4) is 0 Å². The molecular weight excluding hydrogens is 441 g/mol. The Morgan fingerprint density at radius 1 is 1.08 bits per heavy atom. The van der Waals surface area contributed by atoms with E-state index >= 15 is 0 Å². The molecule has 1 aliphatic heterocycles. The van der Waals surface area contributed by atoms with Gasteiger partial charge in [0.2, 0.25) is 0 Å². The average molecular weight is 481 g/mol. The minimum atomic E-state index is 0. The molecular formula is C20H40IN3O2. The Balaban J connectivity index is 0.00000338. The van der Waals surface area contributed by atoms with Gasteiger partial charge in [0.25, 0.3) is 0 Å². The Hall–Kier alpha value is -0.0800. The summed E-state index contributed by atoms with van der Waals surface area (Å²) >= 11 is 0. The number of halogens is 1. The van der Waals surface area contributed by atoms with E-state index in [0.717, 1.165) is 64.1 Å². The first-order chi connectivity index (χ1) is 12.3. The van der Waals surface area contributed by atoms with E-state index in [0.29, 0.717) is 12.0 Å². The molecule has 2 rings (SSSR count). The second-order valence-corrected chi connectivity index (χ2v) is 7.63. The van der Waals surface area contributed by atoms with Crippen LogP contribution in [-0.4, -0.2) is 52.0 Å². The molecule has 0 radical (unpaired) electrons. The molecule has 0 aromatic carbocycles. The molecule has 5 nitrogen and oxygen atoms in total. The fourth-order valence-electron chi connectivity index (χ4n) is 3.94. The predicted molar refractivity (Wildman–Crippen MR) is 120 cm³/mol. The van der Waals surface area contributed by atoms with Crippen LogP contribution in [0.5, 0.6) is 0 Å². The van der Waals surface area contributed by atoms with E-state index in [9.17, 15) is 0 Å². The van der Waals surface area contributed by atoms with Gasteiger partial charge in [0.1, 0.15) is 0 Å². The first-order valence-electron chi connectivity index (χ1n) is 10.4. The summed E-state index contributed by atoms with van der Waals surface area (Å²) in [5.74, 6) is 2.59. The highest BCUT2D eigenvalue weighted by Gasteiger charge is 2.21. The molecule has 6 heteroatoms. The number of guanidine groups is 1. The third kappa shape index (κ3) is 9.74. The lowest BCUT2D eigenvalue weighted by molar-refractivity contribution is 0.0203. The zero-order valence-electron chi connectivity index (χ0n) is 16.8. The van der Waals surface area contributed by atoms with Crippen LogP contribution < -0.4 is 10.6 Å². The molecule has 26 heavy (non-hydrogen) atoms. The number of hydrogen-bond donors (Lipinski definition) is 2. The molecule has 0 amide bonds. The number of hydrogen-bond acceptors (Lipinski definition) is 3. The summed E-state index contributed by atoms with van der Waals surface area (Å²) in [5, 5.41) is 7.03. The summed E-state index contributed by atoms with van der Waals surface area (Å²) in [4.78, 5) is 4.37. The van der Waals surface area contributed by atoms with Crippen LogP contribution in [0.2, 0.25) is 0 Å². The zero-order valence-corrected chi connectivity index (χ0v) is 19.1. The standard InChI is InChI=1S/C20H39N3O2.HI/c1-3-5-17-6-8-19(9-7-17)23-20(21-2)22-12-4-13-25-16-18-10-14-24-15-11-18;/h17-19H,3-16H2,1-2H3,(H2,21,22,23);1H. The third-order valence-electron chi connectivity index (χ3n) is 5.56. The molecule has 1 saturated heterocycles. The van der Waals surface area contributed by atoms with Gasteiger partial charge >= 0.3 is 0 Å². The fourth-order valence-corrected chi connectivity index (χ4v) is 3.94. The van der Waals surface area contributed by atoms with Crippen molar-refractivity contribution in [1.82, 2.24) is 10.6 Å². The van der Waals surface area contributed by atoms with E-state index in [1.807, 2.05) is 7.05 Å². The Morgan fingerprint density at radius 2 is 1.81 bits per heavy atom. The maximum Gasteiger partial charge on any atom is 0.191 e. The van der Waals surface area contributed by atoms with Crippen molar-refractivity contribution in [2.24, 2.45) is 16.8 Å². The van der Waals surface area contributed by atoms with Gasteiger partial charge in [0.05, 0.1) is 0 Å². The lowest BCUT2D eigenvalue weighted by atomic mass is 9.83. The summed E-state index contributed by atoms with van der Waals surface area (Å²) < 4.78 is 11.2. The Bertz CT molecular complexity index is 368. The molecule has 0 aromatic rings. The fraction of sp³-hybridized carbons (Fsp3) is 0.950. The minimum Gasteiger partial charge on any atom is -0.381 e. The lowest BCUT2D eigenvalue weighted by Gasteiger charge is -2.30. The molecule has 2 aliphatic rings. The second-order valence-electron chi connectivity index (χ2n) is 7.63. The highest BCUT2D eigenvalue weighted by molar-refractivity contribution is 14.0. The number of ether oxygens (including phenoxy) is 2. The molecule has 0 bridgehead atoms. The number of rotatable bonds is 9. The highest BCUT2D eigenvalue weighted by atomic mass is 127. The SMILES string of the molecule is CCCC1CCC(NC(=NC)NCCCOCC2CCOCC2)CC1.I. The molecule has 154 valence electrons. The van der Waals surface area contributed by atoms with Gasteiger partial charge < -0.3 is 20.1 Å². The number of nitrogens with one attached hydrogen (secondary N) is 2. The zero-order chi connectivity index (χ0) is 17.7. The largest absolute Gasteiger partial charge is 0.381 e. The van der Waals surface area contributed by atoms with Crippen LogP contribution >= 0.6 is 24.0 Å². The summed E-state index contributed by atoms with van der Waals surface area (Å²) in [7, 11) is 1.86. The van der Waals surface area contributed by atoms with Gasteiger partial charge in [-0.15, -0.1) is 24.0 Å². The van der Waals surface area contributed by atoms with Gasteiger partial charge in [-0.3, -0.25) is 4.99 Å². The van der Waals surface area contributed by atoms with Crippen molar-refractivity contribution >= 4 is 29.9 Å². The van der Waals surface area contributed by atoms with E-state index in [2.05, 4.69) is 22.5 Å². The molecule has 0 aromatic heterocycles. The van der Waals surface area contributed by atoms with Crippen molar-refractivity contribution in [2.75, 3.05) is 40.0 Å². The van der Waals surface area contributed by atoms with Gasteiger partial charge in [0, 0.05) is 46.1 Å². The lowest BCUT2D eigenvalue weighted by Crippen LogP contribution is -2.45. The van der Waals surface area contributed by atoms with E-state index in [1.165, 1.54) is 38.5 Å². The maximum atomic E-state index is 5.82. The number of nitrogens with zero attached hydrogens (tertiary/aromatic N) is 1. The van der Waals surface area contributed by atoms with Crippen LogP contribution in [0.1, 0.15) is 64.7 Å². The predicted octanol–water partition coefficient (Wildman–Crippen LogP) is 3.96. The van der Waals surface area contributed by atoms with Crippen LogP contribution in [0.25, 0.3) is 0 Å². The molecule has 1 saturated carbocycles. The first-order valence-corrected chi connectivity index (χ1v) is 10.4. The van der Waals surface area contributed by atoms with E-state index < -0.39 is 0 Å². The van der Waals surface area contributed by atoms with Crippen molar-refractivity contribution in [3.05, 3.63) is 0 Å². The summed E-state index contributed by atoms with van der Waals surface area (Å²) in [6.07, 6.45) is 11.3. The van der Waals surface area contributed by atoms with E-state index in [-0.39, 0.29) is 24.0 Å². The van der Waals surface area contributed by atoms with E-state index in [4.69, 9.17) is 9.47 Å². The quantitative estimate of drug-likeness (QED) is 0.227. The van der Waals surface area contributed by atoms with Gasteiger partial charge in [-0.05, 0) is 56.8 Å². The summed E-state index contributed by atoms with van der Waals surface area (Å²) in [6.45, 7) is 6.72. The monoisotopic (exact) mass is 481 g/mol.